The van der Waals surface area contributed by atoms with Gasteiger partial charge in [-0.1, -0.05) is 54.6 Å². The lowest BCUT2D eigenvalue weighted by Gasteiger charge is -2.21. The van der Waals surface area contributed by atoms with Crippen molar-refractivity contribution < 1.29 is 23.1 Å². The largest absolute Gasteiger partial charge is 0.482 e. The number of nitrogens with zero attached hydrogens (tertiary/aromatic N) is 1. The Kier molecular flexibility index (Phi) is 7.40. The zero-order valence-electron chi connectivity index (χ0n) is 17.6. The van der Waals surface area contributed by atoms with E-state index < -0.39 is 22.6 Å². The van der Waals surface area contributed by atoms with Gasteiger partial charge in [-0.2, -0.15) is 0 Å². The number of ether oxygens (including phenoxy) is 1. The number of aromatic nitrogens is 1. The minimum Gasteiger partial charge on any atom is -0.482 e. The quantitative estimate of drug-likeness (QED) is 0.454. The number of hydrogen-bond donors (Lipinski definition) is 2. The van der Waals surface area contributed by atoms with Crippen LogP contribution in [0.3, 0.4) is 0 Å². The maximum atomic E-state index is 13.2. The van der Waals surface area contributed by atoms with Crippen LogP contribution in [0.25, 0.3) is 0 Å². The molecule has 3 aromatic rings. The van der Waals surface area contributed by atoms with Crippen LogP contribution in [-0.4, -0.2) is 31.1 Å². The van der Waals surface area contributed by atoms with E-state index in [4.69, 9.17) is 9.84 Å². The van der Waals surface area contributed by atoms with E-state index in [0.29, 0.717) is 16.9 Å². The molecule has 7 nitrogen and oxygen atoms in total. The molecule has 0 aliphatic carbocycles. The number of allylic oxidation sites excluding steroid dienone is 1. The van der Waals surface area contributed by atoms with Gasteiger partial charge in [0.25, 0.3) is 0 Å². The first kappa shape index (κ1) is 23.2. The van der Waals surface area contributed by atoms with Crippen molar-refractivity contribution in [2.24, 2.45) is 0 Å². The Hall–Kier alpha value is -3.49. The van der Waals surface area contributed by atoms with Crippen molar-refractivity contribution in [3.63, 3.8) is 0 Å². The molecule has 166 valence electrons. The van der Waals surface area contributed by atoms with Crippen LogP contribution in [0.5, 0.6) is 5.75 Å². The number of nitrogens with one attached hydrogen (secondary N) is 1. The Balaban J connectivity index is 1.86. The number of hydrogen-bond acceptors (Lipinski definition) is 5. The van der Waals surface area contributed by atoms with E-state index in [-0.39, 0.29) is 17.4 Å². The van der Waals surface area contributed by atoms with Crippen LogP contribution in [0, 0.1) is 0 Å². The summed E-state index contributed by atoms with van der Waals surface area (Å²) in [5, 5.41) is 8.74. The number of pyridine rings is 1. The van der Waals surface area contributed by atoms with Gasteiger partial charge in [0, 0.05) is 24.9 Å². The Morgan fingerprint density at radius 3 is 2.59 bits per heavy atom. The maximum absolute atomic E-state index is 13.2. The minimum absolute atomic E-state index is 0.00398. The van der Waals surface area contributed by atoms with Gasteiger partial charge in [0.15, 0.2) is 6.61 Å². The Morgan fingerprint density at radius 2 is 1.91 bits per heavy atom. The number of benzene rings is 2. The molecule has 0 spiro atoms. The average molecular weight is 453 g/mol. The lowest BCUT2D eigenvalue weighted by atomic mass is 9.87. The number of carbonyl (C=O) groups is 1. The molecule has 2 N–H and O–H groups in total. The number of aliphatic carboxylic acids is 1. The van der Waals surface area contributed by atoms with Crippen molar-refractivity contribution >= 4 is 16.0 Å². The highest BCUT2D eigenvalue weighted by molar-refractivity contribution is 7.89. The SMILES string of the molecule is C=C(C)C(c1ccccc1)c1ccncc1S(=O)(=O)NCc1cccc(OCC(=O)O)c1. The molecular weight excluding hydrogens is 428 g/mol. The zero-order chi connectivity index (χ0) is 23.1. The van der Waals surface area contributed by atoms with E-state index in [2.05, 4.69) is 16.3 Å². The molecule has 0 bridgehead atoms. The molecule has 0 amide bonds. The summed E-state index contributed by atoms with van der Waals surface area (Å²) in [5.41, 5.74) is 2.96. The predicted molar refractivity (Wildman–Crippen MR) is 121 cm³/mol. The van der Waals surface area contributed by atoms with Gasteiger partial charge >= 0.3 is 5.97 Å². The summed E-state index contributed by atoms with van der Waals surface area (Å²) in [7, 11) is -3.90. The molecule has 0 saturated heterocycles. The molecule has 2 aromatic carbocycles. The van der Waals surface area contributed by atoms with E-state index in [0.717, 1.165) is 11.1 Å². The van der Waals surface area contributed by atoms with Gasteiger partial charge in [-0.3, -0.25) is 4.98 Å². The molecular formula is C24H24N2O5S. The fourth-order valence-electron chi connectivity index (χ4n) is 3.38. The van der Waals surface area contributed by atoms with E-state index in [1.807, 2.05) is 37.3 Å². The smallest absolute Gasteiger partial charge is 0.341 e. The van der Waals surface area contributed by atoms with Gasteiger partial charge < -0.3 is 9.84 Å². The molecule has 3 rings (SSSR count). The number of rotatable bonds is 10. The Labute approximate surface area is 187 Å². The monoisotopic (exact) mass is 452 g/mol. The molecule has 32 heavy (non-hydrogen) atoms. The first-order valence-electron chi connectivity index (χ1n) is 9.85. The third kappa shape index (κ3) is 5.81. The highest BCUT2D eigenvalue weighted by Crippen LogP contribution is 2.34. The van der Waals surface area contributed by atoms with E-state index >= 15 is 0 Å². The van der Waals surface area contributed by atoms with Gasteiger partial charge in [0.1, 0.15) is 10.6 Å². The van der Waals surface area contributed by atoms with Gasteiger partial charge in [0.2, 0.25) is 10.0 Å². The Bertz CT molecular complexity index is 1210. The van der Waals surface area contributed by atoms with Gasteiger partial charge in [-0.15, -0.1) is 0 Å². The van der Waals surface area contributed by atoms with Gasteiger partial charge in [0.05, 0.1) is 0 Å². The second kappa shape index (κ2) is 10.2. The fourth-order valence-corrected chi connectivity index (χ4v) is 4.58. The van der Waals surface area contributed by atoms with Crippen LogP contribution in [0.4, 0.5) is 0 Å². The van der Waals surface area contributed by atoms with Crippen LogP contribution < -0.4 is 9.46 Å². The summed E-state index contributed by atoms with van der Waals surface area (Å²) in [5.74, 6) is -1.05. The van der Waals surface area contributed by atoms with Crippen molar-refractivity contribution in [2.45, 2.75) is 24.3 Å². The first-order valence-corrected chi connectivity index (χ1v) is 11.3. The summed E-state index contributed by atoms with van der Waals surface area (Å²) in [6, 6.07) is 17.9. The lowest BCUT2D eigenvalue weighted by molar-refractivity contribution is -0.139. The molecule has 0 saturated carbocycles. The van der Waals surface area contributed by atoms with E-state index in [1.54, 1.807) is 36.5 Å². The van der Waals surface area contributed by atoms with Crippen LogP contribution >= 0.6 is 0 Å². The van der Waals surface area contributed by atoms with Crippen molar-refractivity contribution in [1.82, 2.24) is 9.71 Å². The van der Waals surface area contributed by atoms with Crippen molar-refractivity contribution in [1.29, 1.82) is 0 Å². The molecule has 1 aromatic heterocycles. The average Bonchev–Trinajstić information content (AvgIpc) is 2.78. The summed E-state index contributed by atoms with van der Waals surface area (Å²) in [4.78, 5) is 14.8. The van der Waals surface area contributed by atoms with E-state index in [1.165, 1.54) is 6.20 Å². The van der Waals surface area contributed by atoms with Gasteiger partial charge in [-0.05, 0) is 41.8 Å². The number of carboxylic acid groups (broad SMARTS) is 1. The van der Waals surface area contributed by atoms with Crippen molar-refractivity contribution in [3.8, 4) is 5.75 Å². The topological polar surface area (TPSA) is 106 Å². The van der Waals surface area contributed by atoms with Crippen molar-refractivity contribution in [2.75, 3.05) is 6.61 Å². The molecule has 0 aliphatic rings. The second-order valence-electron chi connectivity index (χ2n) is 7.26. The Morgan fingerprint density at radius 1 is 1.16 bits per heavy atom. The van der Waals surface area contributed by atoms with Crippen LogP contribution in [0.2, 0.25) is 0 Å². The lowest BCUT2D eigenvalue weighted by Crippen LogP contribution is -2.25. The maximum Gasteiger partial charge on any atom is 0.341 e. The molecule has 0 aliphatic heterocycles. The van der Waals surface area contributed by atoms with Crippen LogP contribution in [0.1, 0.15) is 29.5 Å². The highest BCUT2D eigenvalue weighted by Gasteiger charge is 2.25. The number of carboxylic acids is 1. The zero-order valence-corrected chi connectivity index (χ0v) is 18.4. The molecule has 1 heterocycles. The molecule has 8 heteroatoms. The summed E-state index contributed by atoms with van der Waals surface area (Å²) >= 11 is 0. The fraction of sp³-hybridized carbons (Fsp3) is 0.167. The summed E-state index contributed by atoms with van der Waals surface area (Å²) in [6.07, 6.45) is 2.90. The second-order valence-corrected chi connectivity index (χ2v) is 8.99. The van der Waals surface area contributed by atoms with E-state index in [9.17, 15) is 13.2 Å². The summed E-state index contributed by atoms with van der Waals surface area (Å²) in [6.45, 7) is 5.47. The predicted octanol–water partition coefficient (Wildman–Crippen LogP) is 3.73. The standard InChI is InChI=1S/C24H24N2O5S/c1-17(2)24(19-8-4-3-5-9-19)21-11-12-25-15-22(21)32(29,30)26-14-18-7-6-10-20(13-18)31-16-23(27)28/h3-13,15,24,26H,1,14,16H2,2H3,(H,27,28). The molecule has 0 radical (unpaired) electrons. The summed E-state index contributed by atoms with van der Waals surface area (Å²) < 4.78 is 34.1. The minimum atomic E-state index is -3.90. The third-order valence-corrected chi connectivity index (χ3v) is 6.21. The van der Waals surface area contributed by atoms with Gasteiger partial charge in [-0.25, -0.2) is 17.9 Å². The van der Waals surface area contributed by atoms with Crippen molar-refractivity contribution in [3.05, 3.63) is 102 Å². The molecule has 1 atom stereocenters. The van der Waals surface area contributed by atoms with Crippen LogP contribution in [-0.2, 0) is 21.4 Å². The molecule has 1 unspecified atom stereocenters. The first-order chi connectivity index (χ1) is 15.3. The van der Waals surface area contributed by atoms with Crippen LogP contribution in [0.15, 0.2) is 90.1 Å². The highest BCUT2D eigenvalue weighted by atomic mass is 32.2. The molecule has 0 fully saturated rings. The normalized spacial score (nSPS) is 12.2. The number of sulfonamides is 1. The third-order valence-electron chi connectivity index (χ3n) is 4.77.